The van der Waals surface area contributed by atoms with Gasteiger partial charge in [-0.25, -0.2) is 14.8 Å². The van der Waals surface area contributed by atoms with E-state index in [2.05, 4.69) is 9.97 Å². The molecule has 2 N–H and O–H groups in total. The molecule has 0 spiro atoms. The van der Waals surface area contributed by atoms with Gasteiger partial charge in [-0.3, -0.25) is 0 Å². The summed E-state index contributed by atoms with van der Waals surface area (Å²) >= 11 is 0. The SMILES string of the molecule is CC(C)(C)OC(=O)N1CC=C(c2cnc(N)nc2)CC1. The number of hydrogen-bond donors (Lipinski definition) is 1. The van der Waals surface area contributed by atoms with Crippen molar-refractivity contribution in [3.63, 3.8) is 0 Å². The Morgan fingerprint density at radius 2 is 2.00 bits per heavy atom. The number of amides is 1. The molecule has 0 unspecified atom stereocenters. The first-order chi connectivity index (χ1) is 9.35. The second kappa shape index (κ2) is 5.48. The number of hydrogen-bond acceptors (Lipinski definition) is 5. The summed E-state index contributed by atoms with van der Waals surface area (Å²) in [6.45, 7) is 6.76. The van der Waals surface area contributed by atoms with E-state index >= 15 is 0 Å². The molecule has 0 bridgehead atoms. The van der Waals surface area contributed by atoms with E-state index in [0.717, 1.165) is 17.6 Å². The van der Waals surface area contributed by atoms with Gasteiger partial charge >= 0.3 is 6.09 Å². The van der Waals surface area contributed by atoms with Gasteiger partial charge in [-0.05, 0) is 32.8 Å². The molecule has 0 radical (unpaired) electrons. The number of rotatable bonds is 1. The largest absolute Gasteiger partial charge is 0.444 e. The second-order valence-electron chi connectivity index (χ2n) is 5.74. The Bertz CT molecular complexity index is 517. The molecular weight excluding hydrogens is 256 g/mol. The van der Waals surface area contributed by atoms with E-state index in [1.54, 1.807) is 17.3 Å². The van der Waals surface area contributed by atoms with Crippen LogP contribution in [0.15, 0.2) is 18.5 Å². The van der Waals surface area contributed by atoms with E-state index in [1.807, 2.05) is 26.8 Å². The first-order valence-electron chi connectivity index (χ1n) is 6.60. The molecule has 0 aromatic carbocycles. The molecule has 20 heavy (non-hydrogen) atoms. The number of nitrogens with zero attached hydrogens (tertiary/aromatic N) is 3. The quantitative estimate of drug-likeness (QED) is 0.849. The minimum absolute atomic E-state index is 0.264. The van der Waals surface area contributed by atoms with Crippen LogP contribution in [0.5, 0.6) is 0 Å². The average Bonchev–Trinajstić information content (AvgIpc) is 2.38. The topological polar surface area (TPSA) is 81.3 Å². The standard InChI is InChI=1S/C14H20N4O2/c1-14(2,3)20-13(19)18-6-4-10(5-7-18)11-8-16-12(15)17-9-11/h4,8-9H,5-7H2,1-3H3,(H2,15,16,17). The summed E-state index contributed by atoms with van der Waals surface area (Å²) in [6, 6.07) is 0. The Morgan fingerprint density at radius 1 is 1.35 bits per heavy atom. The van der Waals surface area contributed by atoms with Crippen LogP contribution in [0.25, 0.3) is 5.57 Å². The molecule has 1 aromatic heterocycles. The Kier molecular flexibility index (Phi) is 3.92. The van der Waals surface area contributed by atoms with Crippen molar-refractivity contribution >= 4 is 17.6 Å². The van der Waals surface area contributed by atoms with Crippen molar-refractivity contribution in [2.45, 2.75) is 32.8 Å². The lowest BCUT2D eigenvalue weighted by molar-refractivity contribution is 0.0270. The lowest BCUT2D eigenvalue weighted by atomic mass is 10.0. The average molecular weight is 276 g/mol. The second-order valence-corrected chi connectivity index (χ2v) is 5.74. The third kappa shape index (κ3) is 3.69. The van der Waals surface area contributed by atoms with Gasteiger partial charge in [0.05, 0.1) is 0 Å². The van der Waals surface area contributed by atoms with Crippen molar-refractivity contribution in [3.8, 4) is 0 Å². The maximum atomic E-state index is 11.9. The molecule has 1 aliphatic rings. The number of nitrogen functional groups attached to an aromatic ring is 1. The third-order valence-corrected chi connectivity index (χ3v) is 2.90. The van der Waals surface area contributed by atoms with Crippen molar-refractivity contribution < 1.29 is 9.53 Å². The minimum atomic E-state index is -0.466. The summed E-state index contributed by atoms with van der Waals surface area (Å²) < 4.78 is 5.35. The van der Waals surface area contributed by atoms with Gasteiger partial charge in [0, 0.05) is 31.0 Å². The van der Waals surface area contributed by atoms with Gasteiger partial charge in [0.15, 0.2) is 0 Å². The number of aromatic nitrogens is 2. The highest BCUT2D eigenvalue weighted by molar-refractivity contribution is 5.72. The van der Waals surface area contributed by atoms with Crippen LogP contribution in [0.3, 0.4) is 0 Å². The van der Waals surface area contributed by atoms with E-state index in [4.69, 9.17) is 10.5 Å². The summed E-state index contributed by atoms with van der Waals surface area (Å²) in [4.78, 5) is 21.6. The molecule has 108 valence electrons. The molecule has 2 heterocycles. The van der Waals surface area contributed by atoms with E-state index < -0.39 is 5.60 Å². The van der Waals surface area contributed by atoms with Crippen LogP contribution >= 0.6 is 0 Å². The molecule has 1 amide bonds. The fourth-order valence-electron chi connectivity index (χ4n) is 1.93. The number of nitrogens with two attached hydrogens (primary N) is 1. The van der Waals surface area contributed by atoms with Gasteiger partial charge in [0.2, 0.25) is 5.95 Å². The van der Waals surface area contributed by atoms with Crippen LogP contribution in [0.4, 0.5) is 10.7 Å². The molecule has 0 aliphatic carbocycles. The molecule has 2 rings (SSSR count). The summed E-state index contributed by atoms with van der Waals surface area (Å²) in [5.41, 5.74) is 7.08. The van der Waals surface area contributed by atoms with Gasteiger partial charge in [-0.15, -0.1) is 0 Å². The molecule has 0 atom stereocenters. The normalized spacial score (nSPS) is 15.8. The highest BCUT2D eigenvalue weighted by atomic mass is 16.6. The highest BCUT2D eigenvalue weighted by Crippen LogP contribution is 2.22. The van der Waals surface area contributed by atoms with Crippen LogP contribution in [0, 0.1) is 0 Å². The molecule has 0 saturated heterocycles. The monoisotopic (exact) mass is 276 g/mol. The highest BCUT2D eigenvalue weighted by Gasteiger charge is 2.23. The fraction of sp³-hybridized carbons (Fsp3) is 0.500. The summed E-state index contributed by atoms with van der Waals surface area (Å²) in [7, 11) is 0. The van der Waals surface area contributed by atoms with Crippen LogP contribution in [-0.4, -0.2) is 39.7 Å². The smallest absolute Gasteiger partial charge is 0.410 e. The Balaban J connectivity index is 2.00. The van der Waals surface area contributed by atoms with Crippen LogP contribution < -0.4 is 5.73 Å². The molecular formula is C14H20N4O2. The molecule has 6 heteroatoms. The van der Waals surface area contributed by atoms with Crippen molar-refractivity contribution in [3.05, 3.63) is 24.0 Å². The van der Waals surface area contributed by atoms with Crippen molar-refractivity contribution in [1.29, 1.82) is 0 Å². The van der Waals surface area contributed by atoms with E-state index in [1.165, 1.54) is 0 Å². The van der Waals surface area contributed by atoms with Crippen molar-refractivity contribution in [2.75, 3.05) is 18.8 Å². The van der Waals surface area contributed by atoms with E-state index in [0.29, 0.717) is 13.1 Å². The molecule has 1 aliphatic heterocycles. The van der Waals surface area contributed by atoms with Crippen LogP contribution in [0.2, 0.25) is 0 Å². The van der Waals surface area contributed by atoms with Crippen molar-refractivity contribution in [1.82, 2.24) is 14.9 Å². The predicted molar refractivity (Wildman–Crippen MR) is 76.8 cm³/mol. The number of carbonyl (C=O) groups excluding carboxylic acids is 1. The Morgan fingerprint density at radius 3 is 2.50 bits per heavy atom. The third-order valence-electron chi connectivity index (χ3n) is 2.90. The molecule has 0 fully saturated rings. The predicted octanol–water partition coefficient (Wildman–Crippen LogP) is 2.08. The molecule has 0 saturated carbocycles. The van der Waals surface area contributed by atoms with Gasteiger partial charge in [-0.2, -0.15) is 0 Å². The van der Waals surface area contributed by atoms with Gasteiger partial charge in [-0.1, -0.05) is 6.08 Å². The van der Waals surface area contributed by atoms with Crippen LogP contribution in [0.1, 0.15) is 32.8 Å². The van der Waals surface area contributed by atoms with E-state index in [9.17, 15) is 4.79 Å². The zero-order valence-corrected chi connectivity index (χ0v) is 12.1. The zero-order chi connectivity index (χ0) is 14.8. The summed E-state index contributed by atoms with van der Waals surface area (Å²) in [5.74, 6) is 0.264. The zero-order valence-electron chi connectivity index (χ0n) is 12.1. The molecule has 6 nitrogen and oxygen atoms in total. The molecule has 1 aromatic rings. The fourth-order valence-corrected chi connectivity index (χ4v) is 1.93. The van der Waals surface area contributed by atoms with E-state index in [-0.39, 0.29) is 12.0 Å². The maximum absolute atomic E-state index is 11.9. The Labute approximate surface area is 118 Å². The first-order valence-corrected chi connectivity index (χ1v) is 6.60. The lowest BCUT2D eigenvalue weighted by Crippen LogP contribution is -2.39. The summed E-state index contributed by atoms with van der Waals surface area (Å²) in [5, 5.41) is 0. The minimum Gasteiger partial charge on any atom is -0.444 e. The van der Waals surface area contributed by atoms with Gasteiger partial charge in [0.1, 0.15) is 5.60 Å². The van der Waals surface area contributed by atoms with Gasteiger partial charge < -0.3 is 15.4 Å². The lowest BCUT2D eigenvalue weighted by Gasteiger charge is -2.29. The first kappa shape index (κ1) is 14.3. The number of ether oxygens (including phenoxy) is 1. The number of carbonyl (C=O) groups is 1. The van der Waals surface area contributed by atoms with Gasteiger partial charge in [0.25, 0.3) is 0 Å². The Hall–Kier alpha value is -2.11. The maximum Gasteiger partial charge on any atom is 0.410 e. The van der Waals surface area contributed by atoms with Crippen molar-refractivity contribution in [2.24, 2.45) is 0 Å². The van der Waals surface area contributed by atoms with Crippen LogP contribution in [-0.2, 0) is 4.74 Å². The number of anilines is 1. The summed E-state index contributed by atoms with van der Waals surface area (Å²) in [6.07, 6.45) is 5.89.